The first-order valence-electron chi connectivity index (χ1n) is 6.71. The fraction of sp³-hybridized carbons (Fsp3) is 0.467. The van der Waals surface area contributed by atoms with E-state index in [1.807, 2.05) is 0 Å². The van der Waals surface area contributed by atoms with E-state index in [4.69, 9.17) is 5.26 Å². The minimum atomic E-state index is -1.15. The SMILES string of the molecule is N#CCCN(CC1CC1)C(=O)C(O)c1ccc(Br)cc1. The van der Waals surface area contributed by atoms with Crippen molar-refractivity contribution in [3.8, 4) is 6.07 Å². The molecule has 1 aromatic carbocycles. The van der Waals surface area contributed by atoms with Gasteiger partial charge in [0.1, 0.15) is 0 Å². The molecule has 4 nitrogen and oxygen atoms in total. The predicted octanol–water partition coefficient (Wildman–Crippen LogP) is 2.63. The molecule has 1 aliphatic rings. The lowest BCUT2D eigenvalue weighted by Crippen LogP contribution is -2.37. The lowest BCUT2D eigenvalue weighted by atomic mass is 10.1. The third-order valence-electron chi connectivity index (χ3n) is 3.40. The van der Waals surface area contributed by atoms with Crippen LogP contribution in [0.15, 0.2) is 28.7 Å². The Hall–Kier alpha value is -1.38. The Morgan fingerprint density at radius 2 is 2.10 bits per heavy atom. The number of nitrogens with zero attached hydrogens (tertiary/aromatic N) is 2. The van der Waals surface area contributed by atoms with Crippen LogP contribution in [0.25, 0.3) is 0 Å². The summed E-state index contributed by atoms with van der Waals surface area (Å²) in [6.07, 6.45) is 1.40. The van der Waals surface area contributed by atoms with Crippen molar-refractivity contribution in [1.82, 2.24) is 4.90 Å². The van der Waals surface area contributed by atoms with Gasteiger partial charge in [-0.25, -0.2) is 0 Å². The summed E-state index contributed by atoms with van der Waals surface area (Å²) in [7, 11) is 0. The molecule has 106 valence electrons. The molecule has 1 saturated carbocycles. The zero-order valence-corrected chi connectivity index (χ0v) is 12.7. The lowest BCUT2D eigenvalue weighted by molar-refractivity contribution is -0.140. The van der Waals surface area contributed by atoms with Crippen LogP contribution in [0.5, 0.6) is 0 Å². The second kappa shape index (κ2) is 6.87. The minimum Gasteiger partial charge on any atom is -0.378 e. The molecule has 1 unspecified atom stereocenters. The van der Waals surface area contributed by atoms with Gasteiger partial charge in [-0.2, -0.15) is 5.26 Å². The van der Waals surface area contributed by atoms with Crippen LogP contribution >= 0.6 is 15.9 Å². The summed E-state index contributed by atoms with van der Waals surface area (Å²) in [5, 5.41) is 18.9. The zero-order valence-electron chi connectivity index (χ0n) is 11.1. The van der Waals surface area contributed by atoms with Crippen LogP contribution in [0.4, 0.5) is 0 Å². The van der Waals surface area contributed by atoms with Crippen LogP contribution in [0.3, 0.4) is 0 Å². The number of hydrogen-bond acceptors (Lipinski definition) is 3. The highest BCUT2D eigenvalue weighted by Crippen LogP contribution is 2.30. The molecular formula is C15H17BrN2O2. The highest BCUT2D eigenvalue weighted by atomic mass is 79.9. The molecule has 5 heteroatoms. The number of aliphatic hydroxyl groups excluding tert-OH is 1. The Morgan fingerprint density at radius 3 is 2.65 bits per heavy atom. The average molecular weight is 337 g/mol. The second-order valence-corrected chi connectivity index (χ2v) is 6.01. The number of carbonyl (C=O) groups is 1. The number of carbonyl (C=O) groups excluding carboxylic acids is 1. The van der Waals surface area contributed by atoms with Gasteiger partial charge in [-0.05, 0) is 36.5 Å². The molecular weight excluding hydrogens is 320 g/mol. The van der Waals surface area contributed by atoms with Crippen molar-refractivity contribution in [3.63, 3.8) is 0 Å². The van der Waals surface area contributed by atoms with Crippen LogP contribution in [0.1, 0.15) is 30.9 Å². The summed E-state index contributed by atoms with van der Waals surface area (Å²) in [5.74, 6) is 0.226. The van der Waals surface area contributed by atoms with E-state index in [0.29, 0.717) is 31.0 Å². The molecule has 0 spiro atoms. The summed E-state index contributed by atoms with van der Waals surface area (Å²) in [6, 6.07) is 9.10. The summed E-state index contributed by atoms with van der Waals surface area (Å²) < 4.78 is 0.903. The van der Waals surface area contributed by atoms with Crippen molar-refractivity contribution in [2.24, 2.45) is 5.92 Å². The van der Waals surface area contributed by atoms with Crippen LogP contribution in [-0.2, 0) is 4.79 Å². The van der Waals surface area contributed by atoms with E-state index >= 15 is 0 Å². The molecule has 0 bridgehead atoms. The maximum atomic E-state index is 12.4. The van der Waals surface area contributed by atoms with E-state index in [1.165, 1.54) is 0 Å². The van der Waals surface area contributed by atoms with Gasteiger partial charge >= 0.3 is 0 Å². The summed E-state index contributed by atoms with van der Waals surface area (Å²) in [4.78, 5) is 14.0. The van der Waals surface area contributed by atoms with Crippen LogP contribution in [0, 0.1) is 17.2 Å². The van der Waals surface area contributed by atoms with Crippen molar-refractivity contribution in [2.45, 2.75) is 25.4 Å². The highest BCUT2D eigenvalue weighted by molar-refractivity contribution is 9.10. The Morgan fingerprint density at radius 1 is 1.45 bits per heavy atom. The third-order valence-corrected chi connectivity index (χ3v) is 3.93. The first-order chi connectivity index (χ1) is 9.61. The van der Waals surface area contributed by atoms with Crippen molar-refractivity contribution >= 4 is 21.8 Å². The van der Waals surface area contributed by atoms with Gasteiger partial charge in [0.15, 0.2) is 6.10 Å². The van der Waals surface area contributed by atoms with Crippen molar-refractivity contribution < 1.29 is 9.90 Å². The van der Waals surface area contributed by atoms with Gasteiger partial charge in [0, 0.05) is 17.6 Å². The Bertz CT molecular complexity index is 506. The van der Waals surface area contributed by atoms with E-state index in [-0.39, 0.29) is 5.91 Å². The van der Waals surface area contributed by atoms with Crippen molar-refractivity contribution in [1.29, 1.82) is 5.26 Å². The van der Waals surface area contributed by atoms with Gasteiger partial charge in [0.05, 0.1) is 12.5 Å². The first kappa shape index (κ1) is 15.0. The minimum absolute atomic E-state index is 0.297. The third kappa shape index (κ3) is 4.06. The number of rotatable bonds is 6. The summed E-state index contributed by atoms with van der Waals surface area (Å²) in [6.45, 7) is 1.04. The van der Waals surface area contributed by atoms with Crippen LogP contribution < -0.4 is 0 Å². The normalized spacial score (nSPS) is 15.4. The van der Waals surface area contributed by atoms with Gasteiger partial charge in [-0.1, -0.05) is 28.1 Å². The van der Waals surface area contributed by atoms with Gasteiger partial charge in [-0.15, -0.1) is 0 Å². The maximum Gasteiger partial charge on any atom is 0.256 e. The Kier molecular flexibility index (Phi) is 5.16. The number of aliphatic hydroxyl groups is 1. The van der Waals surface area contributed by atoms with E-state index in [0.717, 1.165) is 17.3 Å². The smallest absolute Gasteiger partial charge is 0.256 e. The largest absolute Gasteiger partial charge is 0.378 e. The molecule has 1 atom stereocenters. The molecule has 1 fully saturated rings. The second-order valence-electron chi connectivity index (χ2n) is 5.09. The topological polar surface area (TPSA) is 64.3 Å². The molecule has 2 rings (SSSR count). The van der Waals surface area contributed by atoms with Gasteiger partial charge in [0.25, 0.3) is 5.91 Å². The van der Waals surface area contributed by atoms with Crippen LogP contribution in [0.2, 0.25) is 0 Å². The molecule has 1 amide bonds. The first-order valence-corrected chi connectivity index (χ1v) is 7.50. The monoisotopic (exact) mass is 336 g/mol. The Balaban J connectivity index is 2.04. The molecule has 1 aliphatic carbocycles. The number of amides is 1. The highest BCUT2D eigenvalue weighted by Gasteiger charge is 2.29. The zero-order chi connectivity index (χ0) is 14.5. The number of nitriles is 1. The van der Waals surface area contributed by atoms with E-state index in [1.54, 1.807) is 29.2 Å². The maximum absolute atomic E-state index is 12.4. The van der Waals surface area contributed by atoms with E-state index in [2.05, 4.69) is 22.0 Å². The Labute approximate surface area is 127 Å². The summed E-state index contributed by atoms with van der Waals surface area (Å²) in [5.41, 5.74) is 0.580. The number of hydrogen-bond donors (Lipinski definition) is 1. The fourth-order valence-corrected chi connectivity index (χ4v) is 2.31. The van der Waals surface area contributed by atoms with Gasteiger partial charge in [-0.3, -0.25) is 4.79 Å². The molecule has 1 aromatic rings. The van der Waals surface area contributed by atoms with Crippen molar-refractivity contribution in [2.75, 3.05) is 13.1 Å². The molecule has 1 N–H and O–H groups in total. The quantitative estimate of drug-likeness (QED) is 0.868. The van der Waals surface area contributed by atoms with E-state index < -0.39 is 6.10 Å². The molecule has 0 aromatic heterocycles. The molecule has 0 saturated heterocycles. The number of halogens is 1. The standard InChI is InChI=1S/C15H17BrN2O2/c16-13-6-4-12(5-7-13)14(19)15(20)18(9-1-8-17)10-11-2-3-11/h4-7,11,14,19H,1-3,9-10H2. The van der Waals surface area contributed by atoms with E-state index in [9.17, 15) is 9.90 Å². The molecule has 0 heterocycles. The molecule has 20 heavy (non-hydrogen) atoms. The predicted molar refractivity (Wildman–Crippen MR) is 78.6 cm³/mol. The number of benzene rings is 1. The van der Waals surface area contributed by atoms with Crippen LogP contribution in [-0.4, -0.2) is 29.0 Å². The van der Waals surface area contributed by atoms with Gasteiger partial charge < -0.3 is 10.0 Å². The van der Waals surface area contributed by atoms with Gasteiger partial charge in [0.2, 0.25) is 0 Å². The average Bonchev–Trinajstić information content (AvgIpc) is 3.26. The molecule has 0 aliphatic heterocycles. The lowest BCUT2D eigenvalue weighted by Gasteiger charge is -2.24. The fourth-order valence-electron chi connectivity index (χ4n) is 2.05. The molecule has 0 radical (unpaired) electrons. The summed E-state index contributed by atoms with van der Waals surface area (Å²) >= 11 is 3.32. The van der Waals surface area contributed by atoms with Crippen molar-refractivity contribution in [3.05, 3.63) is 34.3 Å².